The Hall–Kier alpha value is -1.78. The highest BCUT2D eigenvalue weighted by Gasteiger charge is 2.03. The average molecular weight is 208 g/mol. The molecular weight excluding hydrogens is 192 g/mol. The summed E-state index contributed by atoms with van der Waals surface area (Å²) in [6.07, 6.45) is 3.41. The third kappa shape index (κ3) is 3.46. The van der Waals surface area contributed by atoms with Gasteiger partial charge in [0.2, 0.25) is 5.91 Å². The Bertz CT molecular complexity index is 338. The zero-order valence-electron chi connectivity index (χ0n) is 9.24. The molecule has 0 unspecified atom stereocenters. The van der Waals surface area contributed by atoms with Crippen molar-refractivity contribution < 1.29 is 4.79 Å². The lowest BCUT2D eigenvalue weighted by Gasteiger charge is -2.11. The van der Waals surface area contributed by atoms with Crippen molar-refractivity contribution in [2.45, 2.75) is 0 Å². The molecule has 1 amide bonds. The van der Waals surface area contributed by atoms with Gasteiger partial charge in [0.25, 0.3) is 0 Å². The van der Waals surface area contributed by atoms with Crippen molar-refractivity contribution in [1.82, 2.24) is 9.88 Å². The molecule has 1 aromatic heterocycles. The first-order valence-electron chi connectivity index (χ1n) is 4.70. The topological polar surface area (TPSA) is 57.3 Å². The van der Waals surface area contributed by atoms with E-state index < -0.39 is 0 Å². The van der Waals surface area contributed by atoms with Crippen LogP contribution in [-0.2, 0) is 4.79 Å². The molecular formula is C10H16N4O. The summed E-state index contributed by atoms with van der Waals surface area (Å²) in [5.74, 6) is 0.0323. The Balaban J connectivity index is 2.54. The van der Waals surface area contributed by atoms with Crippen LogP contribution in [0.3, 0.4) is 0 Å². The van der Waals surface area contributed by atoms with Gasteiger partial charge in [0, 0.05) is 21.1 Å². The van der Waals surface area contributed by atoms with Gasteiger partial charge in [-0.25, -0.2) is 0 Å². The van der Waals surface area contributed by atoms with Crippen molar-refractivity contribution >= 4 is 17.3 Å². The molecule has 0 radical (unpaired) electrons. The largest absolute Gasteiger partial charge is 0.387 e. The van der Waals surface area contributed by atoms with Gasteiger partial charge in [-0.15, -0.1) is 0 Å². The minimum atomic E-state index is 0.0323. The molecule has 1 aromatic rings. The van der Waals surface area contributed by atoms with Gasteiger partial charge in [0.1, 0.15) is 0 Å². The van der Waals surface area contributed by atoms with E-state index in [9.17, 15) is 4.79 Å². The van der Waals surface area contributed by atoms with Crippen LogP contribution in [0.5, 0.6) is 0 Å². The van der Waals surface area contributed by atoms with Crippen molar-refractivity contribution in [3.63, 3.8) is 0 Å². The summed E-state index contributed by atoms with van der Waals surface area (Å²) in [6, 6.07) is 1.90. The Labute approximate surface area is 89.5 Å². The molecule has 5 heteroatoms. The summed E-state index contributed by atoms with van der Waals surface area (Å²) >= 11 is 0. The fraction of sp³-hybridized carbons (Fsp3) is 0.400. The highest BCUT2D eigenvalue weighted by Crippen LogP contribution is 2.11. The lowest BCUT2D eigenvalue weighted by molar-refractivity contribution is -0.126. The number of aromatic nitrogens is 1. The first kappa shape index (κ1) is 11.3. The van der Waals surface area contributed by atoms with E-state index in [1.165, 1.54) is 0 Å². The standard InChI is InChI=1S/C10H16N4O/c1-11-8-4-9(6-12-5-8)13-7-10(15)14(2)3/h4-6,11,13H,7H2,1-3H3. The number of hydrogen-bond donors (Lipinski definition) is 2. The number of pyridine rings is 1. The lowest BCUT2D eigenvalue weighted by Crippen LogP contribution is -2.28. The van der Waals surface area contributed by atoms with Crippen LogP contribution in [0.15, 0.2) is 18.5 Å². The molecule has 0 aliphatic heterocycles. The predicted molar refractivity (Wildman–Crippen MR) is 61.0 cm³/mol. The van der Waals surface area contributed by atoms with Gasteiger partial charge in [-0.2, -0.15) is 0 Å². The van der Waals surface area contributed by atoms with Crippen LogP contribution in [0.25, 0.3) is 0 Å². The Morgan fingerprint density at radius 3 is 2.67 bits per heavy atom. The number of nitrogens with zero attached hydrogens (tertiary/aromatic N) is 2. The number of nitrogens with one attached hydrogen (secondary N) is 2. The fourth-order valence-corrected chi connectivity index (χ4v) is 1.01. The van der Waals surface area contributed by atoms with Gasteiger partial charge in [-0.05, 0) is 6.07 Å². The molecule has 1 rings (SSSR count). The van der Waals surface area contributed by atoms with Gasteiger partial charge < -0.3 is 15.5 Å². The summed E-state index contributed by atoms with van der Waals surface area (Å²) in [5.41, 5.74) is 1.74. The molecule has 82 valence electrons. The van der Waals surface area contributed by atoms with Crippen LogP contribution in [0.2, 0.25) is 0 Å². The fourth-order valence-electron chi connectivity index (χ4n) is 1.01. The van der Waals surface area contributed by atoms with Gasteiger partial charge in [-0.1, -0.05) is 0 Å². The first-order chi connectivity index (χ1) is 7.13. The smallest absolute Gasteiger partial charge is 0.241 e. The zero-order chi connectivity index (χ0) is 11.3. The second kappa shape index (κ2) is 5.19. The second-order valence-electron chi connectivity index (χ2n) is 3.35. The maximum atomic E-state index is 11.3. The predicted octanol–water partition coefficient (Wildman–Crippen LogP) is 0.623. The van der Waals surface area contributed by atoms with E-state index in [2.05, 4.69) is 15.6 Å². The minimum absolute atomic E-state index is 0.0323. The molecule has 0 bridgehead atoms. The number of carbonyl (C=O) groups is 1. The highest BCUT2D eigenvalue weighted by molar-refractivity contribution is 5.80. The molecule has 15 heavy (non-hydrogen) atoms. The molecule has 2 N–H and O–H groups in total. The molecule has 0 fully saturated rings. The van der Waals surface area contributed by atoms with E-state index in [0.717, 1.165) is 11.4 Å². The molecule has 5 nitrogen and oxygen atoms in total. The van der Waals surface area contributed by atoms with Gasteiger partial charge >= 0.3 is 0 Å². The normalized spacial score (nSPS) is 9.53. The number of anilines is 2. The van der Waals surface area contributed by atoms with Crippen LogP contribution >= 0.6 is 0 Å². The maximum absolute atomic E-state index is 11.3. The third-order valence-corrected chi connectivity index (χ3v) is 1.97. The van der Waals surface area contributed by atoms with Crippen LogP contribution in [-0.4, -0.2) is 43.5 Å². The van der Waals surface area contributed by atoms with Crippen molar-refractivity contribution in [3.05, 3.63) is 18.5 Å². The maximum Gasteiger partial charge on any atom is 0.241 e. The van der Waals surface area contributed by atoms with E-state index in [-0.39, 0.29) is 12.5 Å². The van der Waals surface area contributed by atoms with Crippen LogP contribution in [0.1, 0.15) is 0 Å². The minimum Gasteiger partial charge on any atom is -0.387 e. The van der Waals surface area contributed by atoms with Crippen LogP contribution in [0, 0.1) is 0 Å². The molecule has 0 atom stereocenters. The number of amides is 1. The molecule has 0 aliphatic carbocycles. The van der Waals surface area contributed by atoms with Crippen molar-refractivity contribution in [3.8, 4) is 0 Å². The SMILES string of the molecule is CNc1cncc(NCC(=O)N(C)C)c1. The summed E-state index contributed by atoms with van der Waals surface area (Å²) in [6.45, 7) is 0.280. The summed E-state index contributed by atoms with van der Waals surface area (Å²) in [4.78, 5) is 16.9. The van der Waals surface area contributed by atoms with Crippen molar-refractivity contribution in [1.29, 1.82) is 0 Å². The number of rotatable bonds is 4. The van der Waals surface area contributed by atoms with E-state index in [1.807, 2.05) is 13.1 Å². The third-order valence-electron chi connectivity index (χ3n) is 1.97. The molecule has 0 aromatic carbocycles. The van der Waals surface area contributed by atoms with E-state index in [0.29, 0.717) is 0 Å². The molecule has 1 heterocycles. The van der Waals surface area contributed by atoms with Gasteiger partial charge in [0.15, 0.2) is 0 Å². The number of likely N-dealkylation sites (N-methyl/N-ethyl adjacent to an activating group) is 1. The van der Waals surface area contributed by atoms with E-state index in [1.54, 1.807) is 31.4 Å². The second-order valence-corrected chi connectivity index (χ2v) is 3.35. The van der Waals surface area contributed by atoms with E-state index in [4.69, 9.17) is 0 Å². The monoisotopic (exact) mass is 208 g/mol. The highest BCUT2D eigenvalue weighted by atomic mass is 16.2. The zero-order valence-corrected chi connectivity index (χ0v) is 9.24. The summed E-state index contributed by atoms with van der Waals surface area (Å²) in [7, 11) is 5.28. The van der Waals surface area contributed by atoms with Crippen LogP contribution < -0.4 is 10.6 Å². The quantitative estimate of drug-likeness (QED) is 0.761. The molecule has 0 spiro atoms. The number of hydrogen-bond acceptors (Lipinski definition) is 4. The lowest BCUT2D eigenvalue weighted by atomic mass is 10.3. The van der Waals surface area contributed by atoms with Gasteiger partial charge in [0.05, 0.1) is 30.3 Å². The Kier molecular flexibility index (Phi) is 3.91. The van der Waals surface area contributed by atoms with Crippen LogP contribution in [0.4, 0.5) is 11.4 Å². The molecule has 0 saturated heterocycles. The first-order valence-corrected chi connectivity index (χ1v) is 4.70. The summed E-state index contributed by atoms with van der Waals surface area (Å²) in [5, 5.41) is 5.99. The number of carbonyl (C=O) groups excluding carboxylic acids is 1. The Morgan fingerprint density at radius 2 is 2.07 bits per heavy atom. The Morgan fingerprint density at radius 1 is 1.40 bits per heavy atom. The average Bonchev–Trinajstić information content (AvgIpc) is 2.26. The summed E-state index contributed by atoms with van der Waals surface area (Å²) < 4.78 is 0. The van der Waals surface area contributed by atoms with Gasteiger partial charge in [-0.3, -0.25) is 9.78 Å². The van der Waals surface area contributed by atoms with Crippen molar-refractivity contribution in [2.75, 3.05) is 38.3 Å². The molecule has 0 aliphatic rings. The van der Waals surface area contributed by atoms with E-state index >= 15 is 0 Å². The van der Waals surface area contributed by atoms with Crippen molar-refractivity contribution in [2.24, 2.45) is 0 Å². The molecule has 0 saturated carbocycles.